The number of hydrogen-bond donors (Lipinski definition) is 1. The highest BCUT2D eigenvalue weighted by Crippen LogP contribution is 2.17. The summed E-state index contributed by atoms with van der Waals surface area (Å²) in [6.07, 6.45) is 6.95. The number of rotatable bonds is 1. The third-order valence-corrected chi connectivity index (χ3v) is 1.94. The highest BCUT2D eigenvalue weighted by Gasteiger charge is 2.23. The lowest BCUT2D eigenvalue weighted by atomic mass is 9.92. The van der Waals surface area contributed by atoms with Crippen LogP contribution in [0.15, 0.2) is 0 Å². The van der Waals surface area contributed by atoms with Crippen molar-refractivity contribution in [1.82, 2.24) is 5.01 Å². The van der Waals surface area contributed by atoms with E-state index in [4.69, 9.17) is 12.3 Å². The molecular weight excluding hydrogens is 140 g/mol. The summed E-state index contributed by atoms with van der Waals surface area (Å²) in [6, 6.07) is 0. The lowest BCUT2D eigenvalue weighted by Gasteiger charge is -2.29. The number of piperidine rings is 1. The summed E-state index contributed by atoms with van der Waals surface area (Å²) in [7, 11) is 0. The van der Waals surface area contributed by atoms with Crippen LogP contribution in [0.3, 0.4) is 0 Å². The van der Waals surface area contributed by atoms with Crippen LogP contribution in [-0.4, -0.2) is 24.4 Å². The summed E-state index contributed by atoms with van der Waals surface area (Å²) in [5.74, 6) is 8.33. The fourth-order valence-electron chi connectivity index (χ4n) is 1.39. The highest BCUT2D eigenvalue weighted by molar-refractivity contribution is 5.54. The summed E-state index contributed by atoms with van der Waals surface area (Å²) in [4.78, 5) is 10.4. The van der Waals surface area contributed by atoms with E-state index in [9.17, 15) is 4.79 Å². The Kier molecular flexibility index (Phi) is 2.64. The molecule has 1 rings (SSSR count). The number of carbonyl (C=O) groups is 1. The van der Waals surface area contributed by atoms with Gasteiger partial charge in [-0.05, 0) is 6.42 Å². The first kappa shape index (κ1) is 8.25. The fraction of sp³-hybridized carbons (Fsp3) is 0.625. The van der Waals surface area contributed by atoms with Crippen LogP contribution < -0.4 is 5.84 Å². The normalized spacial score (nSPS) is 32.7. The molecule has 0 saturated carbocycles. The molecule has 3 heteroatoms. The van der Waals surface area contributed by atoms with Crippen molar-refractivity contribution >= 4 is 6.29 Å². The largest absolute Gasteiger partial charge is 0.303 e. The number of terminal acetylenes is 1. The van der Waals surface area contributed by atoms with Gasteiger partial charge in [-0.2, -0.15) is 0 Å². The molecule has 0 amide bonds. The molecule has 2 atom stereocenters. The third kappa shape index (κ3) is 2.04. The minimum absolute atomic E-state index is 0.0230. The SMILES string of the molecule is C#C[C@@H]1C[C@H](C=O)CN(N)C1. The highest BCUT2D eigenvalue weighted by atomic mass is 16.1. The second-order valence-electron chi connectivity index (χ2n) is 2.95. The Morgan fingerprint density at radius 2 is 2.36 bits per heavy atom. The molecule has 0 unspecified atom stereocenters. The van der Waals surface area contributed by atoms with Gasteiger partial charge in [-0.15, -0.1) is 12.3 Å². The molecule has 0 aromatic carbocycles. The number of hydrazine groups is 1. The Morgan fingerprint density at radius 1 is 1.64 bits per heavy atom. The zero-order valence-electron chi connectivity index (χ0n) is 6.36. The molecule has 1 heterocycles. The predicted molar refractivity (Wildman–Crippen MR) is 42.3 cm³/mol. The van der Waals surface area contributed by atoms with Crippen molar-refractivity contribution < 1.29 is 4.79 Å². The van der Waals surface area contributed by atoms with Gasteiger partial charge in [0.1, 0.15) is 6.29 Å². The Balaban J connectivity index is 2.51. The van der Waals surface area contributed by atoms with Gasteiger partial charge in [0.25, 0.3) is 0 Å². The second-order valence-corrected chi connectivity index (χ2v) is 2.95. The van der Waals surface area contributed by atoms with Crippen molar-refractivity contribution in [3.63, 3.8) is 0 Å². The standard InChI is InChI=1S/C8H12N2O/c1-2-7-3-8(6-11)5-10(9)4-7/h1,6-8H,3-5,9H2/t7-,8+/m1/s1. The number of nitrogens with zero attached hydrogens (tertiary/aromatic N) is 1. The molecule has 0 aliphatic carbocycles. The topological polar surface area (TPSA) is 46.3 Å². The van der Waals surface area contributed by atoms with Gasteiger partial charge >= 0.3 is 0 Å². The minimum Gasteiger partial charge on any atom is -0.303 e. The van der Waals surface area contributed by atoms with Crippen molar-refractivity contribution in [2.24, 2.45) is 17.7 Å². The maximum atomic E-state index is 10.4. The molecule has 1 fully saturated rings. The summed E-state index contributed by atoms with van der Waals surface area (Å²) in [5.41, 5.74) is 0. The zero-order chi connectivity index (χ0) is 8.27. The predicted octanol–water partition coefficient (Wildman–Crippen LogP) is -0.370. The number of aldehydes is 1. The van der Waals surface area contributed by atoms with Gasteiger partial charge in [-0.3, -0.25) is 5.84 Å². The molecule has 0 radical (unpaired) electrons. The number of hydrogen-bond acceptors (Lipinski definition) is 3. The molecule has 2 N–H and O–H groups in total. The van der Waals surface area contributed by atoms with Gasteiger partial charge < -0.3 is 4.79 Å². The maximum Gasteiger partial charge on any atom is 0.124 e. The molecule has 1 aliphatic rings. The van der Waals surface area contributed by atoms with Crippen molar-refractivity contribution in [2.45, 2.75) is 6.42 Å². The van der Waals surface area contributed by atoms with Crippen LogP contribution in [0.5, 0.6) is 0 Å². The number of carbonyl (C=O) groups excluding carboxylic acids is 1. The smallest absolute Gasteiger partial charge is 0.124 e. The Bertz CT molecular complexity index is 185. The first-order valence-electron chi connectivity index (χ1n) is 3.67. The van der Waals surface area contributed by atoms with E-state index in [1.165, 1.54) is 0 Å². The van der Waals surface area contributed by atoms with Crippen molar-refractivity contribution in [3.05, 3.63) is 0 Å². The summed E-state index contributed by atoms with van der Waals surface area (Å²) >= 11 is 0. The van der Waals surface area contributed by atoms with Gasteiger partial charge in [0.05, 0.1) is 0 Å². The molecule has 1 saturated heterocycles. The van der Waals surface area contributed by atoms with Crippen molar-refractivity contribution in [2.75, 3.05) is 13.1 Å². The van der Waals surface area contributed by atoms with Crippen LogP contribution in [0.2, 0.25) is 0 Å². The van der Waals surface area contributed by atoms with E-state index in [-0.39, 0.29) is 11.8 Å². The molecule has 11 heavy (non-hydrogen) atoms. The molecule has 1 aliphatic heterocycles. The first-order valence-corrected chi connectivity index (χ1v) is 3.67. The molecule has 3 nitrogen and oxygen atoms in total. The molecule has 60 valence electrons. The van der Waals surface area contributed by atoms with Gasteiger partial charge in [0.15, 0.2) is 0 Å². The molecular formula is C8H12N2O. The van der Waals surface area contributed by atoms with Gasteiger partial charge in [0, 0.05) is 24.9 Å². The van der Waals surface area contributed by atoms with Gasteiger partial charge in [0.2, 0.25) is 0 Å². The summed E-state index contributed by atoms with van der Waals surface area (Å²) < 4.78 is 0. The first-order chi connectivity index (χ1) is 5.26. The van der Waals surface area contributed by atoms with E-state index in [2.05, 4.69) is 5.92 Å². The molecule has 0 bridgehead atoms. The van der Waals surface area contributed by atoms with E-state index in [1.807, 2.05) is 0 Å². The van der Waals surface area contributed by atoms with Crippen LogP contribution >= 0.6 is 0 Å². The Morgan fingerprint density at radius 3 is 2.91 bits per heavy atom. The Labute approximate surface area is 66.5 Å². The van der Waals surface area contributed by atoms with Crippen LogP contribution in [0.1, 0.15) is 6.42 Å². The van der Waals surface area contributed by atoms with Gasteiger partial charge in [-0.1, -0.05) is 0 Å². The lowest BCUT2D eigenvalue weighted by molar-refractivity contribution is -0.113. The quantitative estimate of drug-likeness (QED) is 0.317. The maximum absolute atomic E-state index is 10.4. The van der Waals surface area contributed by atoms with E-state index >= 15 is 0 Å². The van der Waals surface area contributed by atoms with E-state index in [1.54, 1.807) is 5.01 Å². The minimum atomic E-state index is 0.0230. The third-order valence-electron chi connectivity index (χ3n) is 1.94. The summed E-state index contributed by atoms with van der Waals surface area (Å²) in [5, 5.41) is 1.62. The van der Waals surface area contributed by atoms with Crippen LogP contribution in [0.4, 0.5) is 0 Å². The van der Waals surface area contributed by atoms with Crippen molar-refractivity contribution in [1.29, 1.82) is 0 Å². The van der Waals surface area contributed by atoms with E-state index in [0.29, 0.717) is 13.1 Å². The van der Waals surface area contributed by atoms with E-state index in [0.717, 1.165) is 12.7 Å². The average Bonchev–Trinajstić information content (AvgIpc) is 2.03. The van der Waals surface area contributed by atoms with Crippen LogP contribution in [-0.2, 0) is 4.79 Å². The fourth-order valence-corrected chi connectivity index (χ4v) is 1.39. The summed E-state index contributed by atoms with van der Waals surface area (Å²) in [6.45, 7) is 1.35. The second kappa shape index (κ2) is 3.51. The number of nitrogens with two attached hydrogens (primary N) is 1. The monoisotopic (exact) mass is 152 g/mol. The lowest BCUT2D eigenvalue weighted by Crippen LogP contribution is -2.44. The zero-order valence-corrected chi connectivity index (χ0v) is 6.36. The average molecular weight is 152 g/mol. The molecule has 0 spiro atoms. The van der Waals surface area contributed by atoms with Gasteiger partial charge in [-0.25, -0.2) is 5.01 Å². The Hall–Kier alpha value is -0.850. The van der Waals surface area contributed by atoms with E-state index < -0.39 is 0 Å². The molecule has 0 aromatic rings. The molecule has 0 aromatic heterocycles. The van der Waals surface area contributed by atoms with Crippen molar-refractivity contribution in [3.8, 4) is 12.3 Å². The van der Waals surface area contributed by atoms with Crippen LogP contribution in [0.25, 0.3) is 0 Å². The van der Waals surface area contributed by atoms with Crippen LogP contribution in [0, 0.1) is 24.2 Å².